The Morgan fingerprint density at radius 1 is 1.08 bits per heavy atom. The summed E-state index contributed by atoms with van der Waals surface area (Å²) in [5, 5.41) is 20.8. The Labute approximate surface area is 150 Å². The Balaban J connectivity index is 2.00. The first-order chi connectivity index (χ1) is 12.5. The largest absolute Gasteiger partial charge is 0.510 e. The molecule has 2 aromatic rings. The van der Waals surface area contributed by atoms with Crippen LogP contribution in [-0.2, 0) is 4.79 Å². The van der Waals surface area contributed by atoms with Crippen molar-refractivity contribution in [3.63, 3.8) is 0 Å². The van der Waals surface area contributed by atoms with Crippen LogP contribution in [-0.4, -0.2) is 28.0 Å². The summed E-state index contributed by atoms with van der Waals surface area (Å²) in [5.41, 5.74) is 3.93. The van der Waals surface area contributed by atoms with Crippen molar-refractivity contribution in [1.29, 1.82) is 0 Å². The number of amides is 1. The topological polar surface area (TPSA) is 116 Å². The van der Waals surface area contributed by atoms with E-state index in [0.717, 1.165) is 5.56 Å². The number of nitrogens with one attached hydrogen (secondary N) is 1. The summed E-state index contributed by atoms with van der Waals surface area (Å²) in [6.45, 7) is 2.64. The number of hydrazone groups is 1. The molecule has 1 aromatic carbocycles. The van der Waals surface area contributed by atoms with Gasteiger partial charge in [0.1, 0.15) is 5.76 Å². The Hall–Kier alpha value is -3.68. The van der Waals surface area contributed by atoms with Gasteiger partial charge in [0, 0.05) is 24.9 Å². The van der Waals surface area contributed by atoms with Crippen LogP contribution in [0.2, 0.25) is 0 Å². The number of ketones is 1. The van der Waals surface area contributed by atoms with Crippen LogP contribution in [0.5, 0.6) is 0 Å². The van der Waals surface area contributed by atoms with Gasteiger partial charge in [0.25, 0.3) is 5.91 Å². The van der Waals surface area contributed by atoms with Gasteiger partial charge in [-0.15, -0.1) is 5.11 Å². The van der Waals surface area contributed by atoms with Crippen molar-refractivity contribution in [3.05, 3.63) is 71.4 Å². The molecule has 0 spiro atoms. The quantitative estimate of drug-likeness (QED) is 0.273. The van der Waals surface area contributed by atoms with Gasteiger partial charge in [-0.2, -0.15) is 10.2 Å². The molecule has 0 unspecified atom stereocenters. The van der Waals surface area contributed by atoms with Crippen molar-refractivity contribution in [2.45, 2.75) is 13.8 Å². The smallest absolute Gasteiger partial charge is 0.271 e. The van der Waals surface area contributed by atoms with Gasteiger partial charge in [0.05, 0.1) is 11.9 Å². The van der Waals surface area contributed by atoms with Crippen molar-refractivity contribution in [3.8, 4) is 0 Å². The molecule has 0 bridgehead atoms. The number of hydrogen-bond acceptors (Lipinski definition) is 7. The Morgan fingerprint density at radius 3 is 2.31 bits per heavy atom. The first-order valence-corrected chi connectivity index (χ1v) is 7.63. The van der Waals surface area contributed by atoms with E-state index in [4.69, 9.17) is 0 Å². The molecule has 0 saturated carbocycles. The van der Waals surface area contributed by atoms with Gasteiger partial charge >= 0.3 is 0 Å². The van der Waals surface area contributed by atoms with Crippen LogP contribution in [0.4, 0.5) is 5.69 Å². The molecule has 1 amide bonds. The number of aliphatic hydroxyl groups excluding tert-OH is 1. The van der Waals surface area contributed by atoms with Crippen molar-refractivity contribution in [2.75, 3.05) is 0 Å². The van der Waals surface area contributed by atoms with E-state index < -0.39 is 5.78 Å². The molecule has 2 N–H and O–H groups in total. The van der Waals surface area contributed by atoms with Gasteiger partial charge in [-0.3, -0.25) is 14.6 Å². The van der Waals surface area contributed by atoms with E-state index in [1.165, 1.54) is 20.1 Å². The maximum Gasteiger partial charge on any atom is 0.271 e. The summed E-state index contributed by atoms with van der Waals surface area (Å²) in [5.74, 6) is -0.976. The van der Waals surface area contributed by atoms with E-state index in [-0.39, 0.29) is 17.4 Å². The molecule has 1 heterocycles. The number of benzene rings is 1. The van der Waals surface area contributed by atoms with Crippen LogP contribution in [0.3, 0.4) is 0 Å². The van der Waals surface area contributed by atoms with Crippen LogP contribution < -0.4 is 5.43 Å². The lowest BCUT2D eigenvalue weighted by atomic mass is 10.2. The van der Waals surface area contributed by atoms with Crippen LogP contribution in [0.15, 0.2) is 75.6 Å². The van der Waals surface area contributed by atoms with Crippen molar-refractivity contribution in [1.82, 2.24) is 10.4 Å². The zero-order valence-corrected chi connectivity index (χ0v) is 14.2. The van der Waals surface area contributed by atoms with Gasteiger partial charge in [-0.25, -0.2) is 5.43 Å². The number of aliphatic hydroxyl groups is 1. The summed E-state index contributed by atoms with van der Waals surface area (Å²) < 4.78 is 0. The molecule has 26 heavy (non-hydrogen) atoms. The minimum absolute atomic E-state index is 0.114. The van der Waals surface area contributed by atoms with E-state index in [1.807, 2.05) is 0 Å². The molecule has 1 aromatic heterocycles. The lowest BCUT2D eigenvalue weighted by Gasteiger charge is -2.00. The number of pyridine rings is 1. The summed E-state index contributed by atoms with van der Waals surface area (Å²) in [6, 6.07) is 9.74. The van der Waals surface area contributed by atoms with E-state index >= 15 is 0 Å². The molecule has 0 aliphatic rings. The molecule has 132 valence electrons. The summed E-state index contributed by atoms with van der Waals surface area (Å²) in [7, 11) is 0. The number of carbonyl (C=O) groups is 2. The van der Waals surface area contributed by atoms with Gasteiger partial charge in [-0.05, 0) is 48.9 Å². The second-order valence-electron chi connectivity index (χ2n) is 5.22. The minimum Gasteiger partial charge on any atom is -0.510 e. The number of allylic oxidation sites excluding steroid dienone is 2. The van der Waals surface area contributed by atoms with Crippen molar-refractivity contribution < 1.29 is 14.7 Å². The van der Waals surface area contributed by atoms with E-state index in [0.29, 0.717) is 11.3 Å². The molecular formula is C18H17N5O3. The first kappa shape index (κ1) is 18.7. The molecule has 8 nitrogen and oxygen atoms in total. The molecule has 0 saturated heterocycles. The number of nitrogens with zero attached hydrogens (tertiary/aromatic N) is 4. The highest BCUT2D eigenvalue weighted by Crippen LogP contribution is 2.16. The van der Waals surface area contributed by atoms with Crippen molar-refractivity contribution in [2.24, 2.45) is 15.3 Å². The van der Waals surface area contributed by atoms with E-state index in [9.17, 15) is 14.7 Å². The van der Waals surface area contributed by atoms with Crippen molar-refractivity contribution >= 4 is 23.6 Å². The number of aromatic nitrogens is 1. The molecule has 0 fully saturated rings. The third-order valence-electron chi connectivity index (χ3n) is 3.16. The number of rotatable bonds is 6. The highest BCUT2D eigenvalue weighted by atomic mass is 16.3. The molecule has 0 aliphatic heterocycles. The zero-order chi connectivity index (χ0) is 18.9. The fourth-order valence-electron chi connectivity index (χ4n) is 1.86. The van der Waals surface area contributed by atoms with Crippen LogP contribution >= 0.6 is 0 Å². The summed E-state index contributed by atoms with van der Waals surface area (Å²) in [4.78, 5) is 27.2. The maximum absolute atomic E-state index is 12.0. The fraction of sp³-hybridized carbons (Fsp3) is 0.111. The number of azo groups is 1. The Kier molecular flexibility index (Phi) is 6.44. The predicted octanol–water partition coefficient (Wildman–Crippen LogP) is 3.31. The molecule has 0 atom stereocenters. The standard InChI is InChI=1S/C18H17N5O3/c1-12(24)17(13(2)25)22-21-16-5-3-15(4-6-16)18(26)23-20-11-14-7-9-19-10-8-14/h3-11,24H,1-2H3,(H,23,26)/b17-12+,20-11+,22-21?. The monoisotopic (exact) mass is 351 g/mol. The van der Waals surface area contributed by atoms with Gasteiger partial charge < -0.3 is 5.11 Å². The molecule has 0 aliphatic carbocycles. The SMILES string of the molecule is CC(=O)/C(N=Nc1ccc(C(=O)N/N=C/c2ccncc2)cc1)=C(/C)O. The fourth-order valence-corrected chi connectivity index (χ4v) is 1.86. The highest BCUT2D eigenvalue weighted by molar-refractivity contribution is 5.95. The maximum atomic E-state index is 12.0. The van der Waals surface area contributed by atoms with Crippen LogP contribution in [0, 0.1) is 0 Å². The molecule has 8 heteroatoms. The average molecular weight is 351 g/mol. The van der Waals surface area contributed by atoms with Crippen LogP contribution in [0.1, 0.15) is 29.8 Å². The lowest BCUT2D eigenvalue weighted by molar-refractivity contribution is -0.113. The highest BCUT2D eigenvalue weighted by Gasteiger charge is 2.07. The first-order valence-electron chi connectivity index (χ1n) is 7.63. The van der Waals surface area contributed by atoms with Crippen LogP contribution in [0.25, 0.3) is 0 Å². The summed E-state index contributed by atoms with van der Waals surface area (Å²) >= 11 is 0. The second kappa shape index (κ2) is 8.97. The normalized spacial score (nSPS) is 12.2. The van der Waals surface area contributed by atoms with E-state index in [1.54, 1.807) is 48.8 Å². The van der Waals surface area contributed by atoms with Gasteiger partial charge in [0.15, 0.2) is 11.5 Å². The third-order valence-corrected chi connectivity index (χ3v) is 3.16. The lowest BCUT2D eigenvalue weighted by Crippen LogP contribution is -2.17. The average Bonchev–Trinajstić information content (AvgIpc) is 2.62. The molecule has 0 radical (unpaired) electrons. The predicted molar refractivity (Wildman–Crippen MR) is 96.3 cm³/mol. The minimum atomic E-state index is -0.392. The summed E-state index contributed by atoms with van der Waals surface area (Å²) in [6.07, 6.45) is 4.76. The Bertz CT molecular complexity index is 867. The number of carbonyl (C=O) groups excluding carboxylic acids is 2. The molecule has 2 rings (SSSR count). The molecular weight excluding hydrogens is 334 g/mol. The Morgan fingerprint density at radius 2 is 1.73 bits per heavy atom. The zero-order valence-electron chi connectivity index (χ0n) is 14.2. The van der Waals surface area contributed by atoms with Gasteiger partial charge in [-0.1, -0.05) is 0 Å². The van der Waals surface area contributed by atoms with Gasteiger partial charge in [0.2, 0.25) is 0 Å². The number of hydrogen-bond donors (Lipinski definition) is 2. The van der Waals surface area contributed by atoms with E-state index in [2.05, 4.69) is 25.7 Å². The number of Topliss-reactive ketones (excluding diaryl/α,β-unsaturated/α-hetero) is 1. The second-order valence-corrected chi connectivity index (χ2v) is 5.22. The third kappa shape index (κ3) is 5.45.